The molecule has 0 aliphatic carbocycles. The third-order valence-corrected chi connectivity index (χ3v) is 3.47. The van der Waals surface area contributed by atoms with Crippen molar-refractivity contribution in [1.29, 1.82) is 0 Å². The number of benzene rings is 2. The van der Waals surface area contributed by atoms with Crippen molar-refractivity contribution in [2.75, 3.05) is 0 Å². The topological polar surface area (TPSA) is 43.6 Å². The van der Waals surface area contributed by atoms with E-state index in [1.165, 1.54) is 0 Å². The van der Waals surface area contributed by atoms with Crippen LogP contribution in [0, 0.1) is 0 Å². The lowest BCUT2D eigenvalue weighted by atomic mass is 10.1. The molecule has 4 nitrogen and oxygen atoms in total. The van der Waals surface area contributed by atoms with Crippen LogP contribution in [0.1, 0.15) is 0 Å². The normalized spacial score (nSPS) is 10.9. The standard InChI is InChI=1S/C17H12N4/c1-2-6-13(7-3-1)21-12-19-20-17(21)15-8-4-10-16-14(15)9-5-11-18-16/h1-12H. The average Bonchev–Trinajstić information content (AvgIpc) is 3.04. The fourth-order valence-corrected chi connectivity index (χ4v) is 2.49. The number of aromatic nitrogens is 4. The van der Waals surface area contributed by atoms with Gasteiger partial charge in [-0.1, -0.05) is 36.4 Å². The molecule has 0 amide bonds. The van der Waals surface area contributed by atoms with E-state index >= 15 is 0 Å². The Morgan fingerprint density at radius 2 is 1.71 bits per heavy atom. The molecule has 2 aromatic heterocycles. The molecule has 4 heteroatoms. The van der Waals surface area contributed by atoms with Crippen molar-refractivity contribution < 1.29 is 0 Å². The van der Waals surface area contributed by atoms with Crippen LogP contribution in [0.25, 0.3) is 28.0 Å². The first-order valence-corrected chi connectivity index (χ1v) is 6.73. The second-order valence-corrected chi connectivity index (χ2v) is 4.74. The molecule has 0 unspecified atom stereocenters. The Morgan fingerprint density at radius 3 is 2.62 bits per heavy atom. The number of hydrogen-bond donors (Lipinski definition) is 0. The van der Waals surface area contributed by atoms with Crippen LogP contribution in [-0.2, 0) is 0 Å². The van der Waals surface area contributed by atoms with E-state index in [1.54, 1.807) is 12.5 Å². The fourth-order valence-electron chi connectivity index (χ4n) is 2.49. The number of fused-ring (bicyclic) bond motifs is 1. The van der Waals surface area contributed by atoms with Crippen LogP contribution in [0.2, 0.25) is 0 Å². The SMILES string of the molecule is c1ccc(-n2cnnc2-c2cccc3ncccc23)cc1. The van der Waals surface area contributed by atoms with Gasteiger partial charge in [-0.05, 0) is 24.3 Å². The van der Waals surface area contributed by atoms with Crippen molar-refractivity contribution in [2.45, 2.75) is 0 Å². The quantitative estimate of drug-likeness (QED) is 0.561. The van der Waals surface area contributed by atoms with Gasteiger partial charge in [0.05, 0.1) is 5.52 Å². The molecular formula is C17H12N4. The Morgan fingerprint density at radius 1 is 0.810 bits per heavy atom. The van der Waals surface area contributed by atoms with Gasteiger partial charge < -0.3 is 0 Å². The van der Waals surface area contributed by atoms with E-state index in [1.807, 2.05) is 59.2 Å². The zero-order valence-electron chi connectivity index (χ0n) is 11.2. The molecule has 100 valence electrons. The Balaban J connectivity index is 1.97. The lowest BCUT2D eigenvalue weighted by Gasteiger charge is -2.08. The largest absolute Gasteiger partial charge is 0.282 e. The summed E-state index contributed by atoms with van der Waals surface area (Å²) in [6.07, 6.45) is 3.54. The zero-order valence-corrected chi connectivity index (χ0v) is 11.2. The molecule has 0 aliphatic heterocycles. The lowest BCUT2D eigenvalue weighted by molar-refractivity contribution is 1.06. The molecule has 21 heavy (non-hydrogen) atoms. The van der Waals surface area contributed by atoms with E-state index in [9.17, 15) is 0 Å². The predicted molar refractivity (Wildman–Crippen MR) is 82.1 cm³/mol. The first kappa shape index (κ1) is 11.8. The summed E-state index contributed by atoms with van der Waals surface area (Å²) < 4.78 is 1.99. The van der Waals surface area contributed by atoms with Crippen LogP contribution in [0.5, 0.6) is 0 Å². The third-order valence-electron chi connectivity index (χ3n) is 3.47. The van der Waals surface area contributed by atoms with Gasteiger partial charge in [-0.25, -0.2) is 0 Å². The van der Waals surface area contributed by atoms with Gasteiger partial charge in [-0.15, -0.1) is 10.2 Å². The van der Waals surface area contributed by atoms with Gasteiger partial charge in [-0.3, -0.25) is 9.55 Å². The first-order chi connectivity index (χ1) is 10.4. The highest BCUT2D eigenvalue weighted by molar-refractivity contribution is 5.92. The minimum absolute atomic E-state index is 0.819. The summed E-state index contributed by atoms with van der Waals surface area (Å²) >= 11 is 0. The van der Waals surface area contributed by atoms with Crippen LogP contribution >= 0.6 is 0 Å². The zero-order chi connectivity index (χ0) is 14.1. The van der Waals surface area contributed by atoms with Gasteiger partial charge in [0.25, 0.3) is 0 Å². The van der Waals surface area contributed by atoms with Crippen molar-refractivity contribution in [3.05, 3.63) is 73.2 Å². The Labute approximate surface area is 121 Å². The molecule has 0 atom stereocenters. The van der Waals surface area contributed by atoms with Gasteiger partial charge in [0.15, 0.2) is 5.82 Å². The monoisotopic (exact) mass is 272 g/mol. The molecule has 0 aliphatic rings. The van der Waals surface area contributed by atoms with Crippen molar-refractivity contribution >= 4 is 10.9 Å². The molecule has 4 rings (SSSR count). The number of rotatable bonds is 2. The molecule has 0 N–H and O–H groups in total. The van der Waals surface area contributed by atoms with Gasteiger partial charge in [0.2, 0.25) is 0 Å². The minimum atomic E-state index is 0.819. The molecular weight excluding hydrogens is 260 g/mol. The van der Waals surface area contributed by atoms with Crippen LogP contribution in [0.15, 0.2) is 73.2 Å². The van der Waals surface area contributed by atoms with E-state index in [-0.39, 0.29) is 0 Å². The average molecular weight is 272 g/mol. The van der Waals surface area contributed by atoms with Gasteiger partial charge >= 0.3 is 0 Å². The number of hydrogen-bond acceptors (Lipinski definition) is 3. The molecule has 2 heterocycles. The third kappa shape index (κ3) is 1.97. The lowest BCUT2D eigenvalue weighted by Crippen LogP contribution is -1.96. The summed E-state index contributed by atoms with van der Waals surface area (Å²) in [7, 11) is 0. The Kier molecular flexibility index (Phi) is 2.71. The fraction of sp³-hybridized carbons (Fsp3) is 0. The van der Waals surface area contributed by atoms with Crippen LogP contribution in [0.3, 0.4) is 0 Å². The van der Waals surface area contributed by atoms with Crippen LogP contribution < -0.4 is 0 Å². The summed E-state index contributed by atoms with van der Waals surface area (Å²) in [6.45, 7) is 0. The predicted octanol–water partition coefficient (Wildman–Crippen LogP) is 3.48. The second-order valence-electron chi connectivity index (χ2n) is 4.74. The Bertz CT molecular complexity index is 891. The summed E-state index contributed by atoms with van der Waals surface area (Å²) in [4.78, 5) is 4.40. The molecule has 0 spiro atoms. The Hall–Kier alpha value is -3.01. The molecule has 0 bridgehead atoms. The molecule has 0 radical (unpaired) electrons. The van der Waals surface area contributed by atoms with Crippen LogP contribution in [-0.4, -0.2) is 19.7 Å². The second kappa shape index (κ2) is 4.83. The highest BCUT2D eigenvalue weighted by Gasteiger charge is 2.11. The van der Waals surface area contributed by atoms with Gasteiger partial charge in [0, 0.05) is 22.8 Å². The highest BCUT2D eigenvalue weighted by atomic mass is 15.3. The number of nitrogens with zero attached hydrogens (tertiary/aromatic N) is 4. The van der Waals surface area contributed by atoms with Gasteiger partial charge in [0.1, 0.15) is 6.33 Å². The molecule has 4 aromatic rings. The maximum atomic E-state index is 4.40. The van der Waals surface area contributed by atoms with Crippen molar-refractivity contribution in [1.82, 2.24) is 19.7 Å². The maximum Gasteiger partial charge on any atom is 0.169 e. The summed E-state index contributed by atoms with van der Waals surface area (Å²) in [6, 6.07) is 20.1. The van der Waals surface area contributed by atoms with Crippen molar-refractivity contribution in [3.63, 3.8) is 0 Å². The van der Waals surface area contributed by atoms with E-state index in [2.05, 4.69) is 21.2 Å². The van der Waals surface area contributed by atoms with E-state index < -0.39 is 0 Å². The smallest absolute Gasteiger partial charge is 0.169 e. The van der Waals surface area contributed by atoms with E-state index in [4.69, 9.17) is 0 Å². The maximum absolute atomic E-state index is 4.40. The highest BCUT2D eigenvalue weighted by Crippen LogP contribution is 2.27. The van der Waals surface area contributed by atoms with Crippen molar-refractivity contribution in [3.8, 4) is 17.1 Å². The van der Waals surface area contributed by atoms with Crippen molar-refractivity contribution in [2.24, 2.45) is 0 Å². The molecule has 0 saturated carbocycles. The summed E-state index contributed by atoms with van der Waals surface area (Å²) in [5.74, 6) is 0.819. The molecule has 2 aromatic carbocycles. The summed E-state index contributed by atoms with van der Waals surface area (Å²) in [5.41, 5.74) is 3.03. The molecule has 0 saturated heterocycles. The summed E-state index contributed by atoms with van der Waals surface area (Å²) in [5, 5.41) is 9.45. The first-order valence-electron chi connectivity index (χ1n) is 6.73. The van der Waals surface area contributed by atoms with E-state index in [0.717, 1.165) is 28.0 Å². The number of para-hydroxylation sites is 1. The van der Waals surface area contributed by atoms with Crippen LogP contribution in [0.4, 0.5) is 0 Å². The van der Waals surface area contributed by atoms with Gasteiger partial charge in [-0.2, -0.15) is 0 Å². The number of pyridine rings is 1. The van der Waals surface area contributed by atoms with E-state index in [0.29, 0.717) is 0 Å². The minimum Gasteiger partial charge on any atom is -0.282 e. The molecule has 0 fully saturated rings.